The summed E-state index contributed by atoms with van der Waals surface area (Å²) in [7, 11) is 0. The maximum Gasteiger partial charge on any atom is 0.220 e. The zero-order valence-corrected chi connectivity index (χ0v) is 18.3. The second-order valence-electron chi connectivity index (χ2n) is 9.84. The Hall–Kier alpha value is -2.18. The number of hydrogen-bond donors (Lipinski definition) is 2. The summed E-state index contributed by atoms with van der Waals surface area (Å²) in [6, 6.07) is 10.8. The van der Waals surface area contributed by atoms with Crippen LogP contribution in [-0.2, 0) is 16.1 Å². The molecule has 1 aromatic heterocycles. The summed E-state index contributed by atoms with van der Waals surface area (Å²) in [5, 5.41) is 10.8. The lowest BCUT2D eigenvalue weighted by atomic mass is 9.60. The Labute approximate surface area is 184 Å². The molecule has 1 aromatic carbocycles. The van der Waals surface area contributed by atoms with Crippen molar-refractivity contribution in [3.05, 3.63) is 42.1 Å². The van der Waals surface area contributed by atoms with E-state index >= 15 is 0 Å². The molecule has 2 aliphatic heterocycles. The van der Waals surface area contributed by atoms with Crippen LogP contribution < -0.4 is 5.32 Å². The largest absolute Gasteiger partial charge is 0.381 e. The molecule has 2 saturated heterocycles. The third kappa shape index (κ3) is 4.85. The van der Waals surface area contributed by atoms with Gasteiger partial charge in [-0.2, -0.15) is 5.10 Å². The Morgan fingerprint density at radius 1 is 1.16 bits per heavy atom. The van der Waals surface area contributed by atoms with Crippen LogP contribution >= 0.6 is 0 Å². The number of ether oxygens (including phenoxy) is 1. The molecule has 0 atom stereocenters. The Morgan fingerprint density at radius 3 is 2.65 bits per heavy atom. The van der Waals surface area contributed by atoms with Gasteiger partial charge < -0.3 is 10.1 Å². The van der Waals surface area contributed by atoms with Crippen molar-refractivity contribution in [2.45, 2.75) is 57.5 Å². The lowest BCUT2D eigenvalue weighted by molar-refractivity contribution is -0.125. The van der Waals surface area contributed by atoms with E-state index in [1.807, 2.05) is 12.3 Å². The molecule has 1 amide bonds. The maximum atomic E-state index is 12.4. The Kier molecular flexibility index (Phi) is 6.10. The third-order valence-electron chi connectivity index (χ3n) is 7.63. The van der Waals surface area contributed by atoms with Gasteiger partial charge in [-0.25, -0.2) is 0 Å². The maximum absolute atomic E-state index is 12.4. The van der Waals surface area contributed by atoms with Crippen molar-refractivity contribution in [1.82, 2.24) is 20.4 Å². The van der Waals surface area contributed by atoms with Gasteiger partial charge in [0.1, 0.15) is 0 Å². The first kappa shape index (κ1) is 20.7. The molecule has 31 heavy (non-hydrogen) atoms. The highest BCUT2D eigenvalue weighted by Gasteiger charge is 2.46. The normalized spacial score (nSPS) is 22.3. The molecule has 166 valence electrons. The second-order valence-corrected chi connectivity index (χ2v) is 9.84. The molecule has 2 N–H and O–H groups in total. The quantitative estimate of drug-likeness (QED) is 0.744. The van der Waals surface area contributed by atoms with E-state index in [9.17, 15) is 4.79 Å². The molecule has 1 saturated carbocycles. The molecule has 3 heterocycles. The van der Waals surface area contributed by atoms with Crippen LogP contribution in [0.25, 0.3) is 11.3 Å². The van der Waals surface area contributed by atoms with Crippen LogP contribution in [-0.4, -0.2) is 53.3 Å². The van der Waals surface area contributed by atoms with Gasteiger partial charge in [-0.3, -0.25) is 14.8 Å². The van der Waals surface area contributed by atoms with E-state index in [4.69, 9.17) is 4.74 Å². The first-order chi connectivity index (χ1) is 15.2. The van der Waals surface area contributed by atoms with Gasteiger partial charge in [-0.1, -0.05) is 30.3 Å². The standard InChI is InChI=1S/C25H34N4O2/c30-23(14-19-6-12-31-13-7-19)27-22-15-25(16-22)8-10-29(11-9-25)18-21-17-26-28-24(21)20-4-2-1-3-5-20/h1-5,17,19,22H,6-16,18H2,(H,26,28)(H,27,30). The minimum absolute atomic E-state index is 0.248. The lowest BCUT2D eigenvalue weighted by Crippen LogP contribution is -2.55. The number of rotatable bonds is 6. The van der Waals surface area contributed by atoms with Crippen molar-refractivity contribution in [2.24, 2.45) is 11.3 Å². The number of benzene rings is 1. The van der Waals surface area contributed by atoms with Crippen molar-refractivity contribution in [2.75, 3.05) is 26.3 Å². The topological polar surface area (TPSA) is 70.2 Å². The highest BCUT2D eigenvalue weighted by Crippen LogP contribution is 2.49. The van der Waals surface area contributed by atoms with E-state index in [1.54, 1.807) is 0 Å². The predicted molar refractivity (Wildman–Crippen MR) is 120 cm³/mol. The molecule has 0 unspecified atom stereocenters. The van der Waals surface area contributed by atoms with Crippen molar-refractivity contribution in [1.29, 1.82) is 0 Å². The first-order valence-electron chi connectivity index (χ1n) is 11.9. The monoisotopic (exact) mass is 422 g/mol. The van der Waals surface area contributed by atoms with Crippen molar-refractivity contribution < 1.29 is 9.53 Å². The minimum atomic E-state index is 0.248. The SMILES string of the molecule is O=C(CC1CCOCC1)NC1CC2(CCN(Cc3cn[nH]c3-c3ccccc3)CC2)C1. The molecular weight excluding hydrogens is 388 g/mol. The number of carbonyl (C=O) groups excluding carboxylic acids is 1. The van der Waals surface area contributed by atoms with Gasteiger partial charge in [0.25, 0.3) is 0 Å². The molecule has 5 rings (SSSR count). The number of amides is 1. The second kappa shape index (κ2) is 9.13. The van der Waals surface area contributed by atoms with Gasteiger partial charge in [0.2, 0.25) is 5.91 Å². The van der Waals surface area contributed by atoms with Crippen LogP contribution in [0.15, 0.2) is 36.5 Å². The number of nitrogens with zero attached hydrogens (tertiary/aromatic N) is 2. The summed E-state index contributed by atoms with van der Waals surface area (Å²) in [4.78, 5) is 15.0. The molecule has 3 aliphatic rings. The predicted octanol–water partition coefficient (Wildman–Crippen LogP) is 3.75. The van der Waals surface area contributed by atoms with Crippen LogP contribution in [0.2, 0.25) is 0 Å². The Bertz CT molecular complexity index is 859. The van der Waals surface area contributed by atoms with Gasteiger partial charge in [0.05, 0.1) is 11.9 Å². The van der Waals surface area contributed by atoms with Crippen molar-refractivity contribution >= 4 is 5.91 Å². The zero-order chi connectivity index (χ0) is 21.1. The van der Waals surface area contributed by atoms with E-state index in [-0.39, 0.29) is 5.91 Å². The molecule has 3 fully saturated rings. The van der Waals surface area contributed by atoms with Gasteiger partial charge >= 0.3 is 0 Å². The van der Waals surface area contributed by atoms with Crippen LogP contribution in [0.5, 0.6) is 0 Å². The van der Waals surface area contributed by atoms with E-state index < -0.39 is 0 Å². The fraction of sp³-hybridized carbons (Fsp3) is 0.600. The fourth-order valence-corrected chi connectivity index (χ4v) is 5.71. The minimum Gasteiger partial charge on any atom is -0.381 e. The molecule has 6 heteroatoms. The highest BCUT2D eigenvalue weighted by atomic mass is 16.5. The molecule has 6 nitrogen and oxygen atoms in total. The number of piperidine rings is 1. The summed E-state index contributed by atoms with van der Waals surface area (Å²) in [6.07, 6.45) is 9.48. The number of aromatic nitrogens is 2. The third-order valence-corrected chi connectivity index (χ3v) is 7.63. The molecule has 1 spiro atoms. The summed E-state index contributed by atoms with van der Waals surface area (Å²) >= 11 is 0. The van der Waals surface area contributed by atoms with Crippen LogP contribution in [0.4, 0.5) is 0 Å². The summed E-state index contributed by atoms with van der Waals surface area (Å²) in [6.45, 7) is 4.83. The van der Waals surface area contributed by atoms with Crippen LogP contribution in [0.1, 0.15) is 50.5 Å². The number of nitrogens with one attached hydrogen (secondary N) is 2. The van der Waals surface area contributed by atoms with Gasteiger partial charge in [-0.05, 0) is 68.5 Å². The Morgan fingerprint density at radius 2 is 1.90 bits per heavy atom. The average molecular weight is 423 g/mol. The van der Waals surface area contributed by atoms with Crippen molar-refractivity contribution in [3.8, 4) is 11.3 Å². The average Bonchev–Trinajstić information content (AvgIpc) is 3.23. The summed E-state index contributed by atoms with van der Waals surface area (Å²) in [5.41, 5.74) is 4.05. The number of carbonyl (C=O) groups is 1. The van der Waals surface area contributed by atoms with E-state index in [0.717, 1.165) is 64.2 Å². The highest BCUT2D eigenvalue weighted by molar-refractivity contribution is 5.76. The summed E-state index contributed by atoms with van der Waals surface area (Å²) < 4.78 is 5.40. The van der Waals surface area contributed by atoms with E-state index in [0.29, 0.717) is 23.8 Å². The zero-order valence-electron chi connectivity index (χ0n) is 18.3. The van der Waals surface area contributed by atoms with Crippen molar-refractivity contribution in [3.63, 3.8) is 0 Å². The Balaban J connectivity index is 1.07. The first-order valence-corrected chi connectivity index (χ1v) is 11.9. The number of H-pyrrole nitrogens is 1. The molecule has 0 radical (unpaired) electrons. The number of likely N-dealkylation sites (tertiary alicyclic amines) is 1. The van der Waals surface area contributed by atoms with Gasteiger partial charge in [0, 0.05) is 37.8 Å². The van der Waals surface area contributed by atoms with Gasteiger partial charge in [-0.15, -0.1) is 0 Å². The smallest absolute Gasteiger partial charge is 0.220 e. The molecule has 1 aliphatic carbocycles. The van der Waals surface area contributed by atoms with Crippen LogP contribution in [0.3, 0.4) is 0 Å². The molecular formula is C25H34N4O2. The number of aromatic amines is 1. The van der Waals surface area contributed by atoms with E-state index in [2.05, 4.69) is 44.7 Å². The van der Waals surface area contributed by atoms with Gasteiger partial charge in [0.15, 0.2) is 0 Å². The molecule has 2 aromatic rings. The molecule has 0 bridgehead atoms. The fourth-order valence-electron chi connectivity index (χ4n) is 5.71. The summed E-state index contributed by atoms with van der Waals surface area (Å²) in [5.74, 6) is 0.757. The van der Waals surface area contributed by atoms with E-state index in [1.165, 1.54) is 24.0 Å². The number of hydrogen-bond acceptors (Lipinski definition) is 4. The van der Waals surface area contributed by atoms with Crippen LogP contribution in [0, 0.1) is 11.3 Å². The lowest BCUT2D eigenvalue weighted by Gasteiger charge is -2.52.